The van der Waals surface area contributed by atoms with Crippen molar-refractivity contribution in [3.63, 3.8) is 0 Å². The standard InChI is InChI=1S/C26H31N5O2/c1-19-26(20(2)31(28-19)23-6-4-3-5-7-23)27-25(32)18-30-13-11-29(12-14-30)17-21-8-9-24-22(16-21)10-15-33-24/h3-9,16H,10-15,17-18H2,1-2H3,(H,27,32). The molecule has 2 aliphatic heterocycles. The summed E-state index contributed by atoms with van der Waals surface area (Å²) in [7, 11) is 0. The summed E-state index contributed by atoms with van der Waals surface area (Å²) in [6.07, 6.45) is 1.01. The van der Waals surface area contributed by atoms with E-state index < -0.39 is 0 Å². The highest BCUT2D eigenvalue weighted by Gasteiger charge is 2.21. The van der Waals surface area contributed by atoms with Crippen LogP contribution in [0.15, 0.2) is 48.5 Å². The molecule has 0 saturated carbocycles. The number of fused-ring (bicyclic) bond motifs is 1. The third-order valence-corrected chi connectivity index (χ3v) is 6.55. The molecule has 7 nitrogen and oxygen atoms in total. The van der Waals surface area contributed by atoms with Gasteiger partial charge in [0.15, 0.2) is 0 Å². The van der Waals surface area contributed by atoms with Gasteiger partial charge >= 0.3 is 0 Å². The Hall–Kier alpha value is -3.16. The SMILES string of the molecule is Cc1nn(-c2ccccc2)c(C)c1NC(=O)CN1CCN(Cc2ccc3c(c2)CCO3)CC1. The average molecular weight is 446 g/mol. The Morgan fingerprint density at radius 1 is 1.03 bits per heavy atom. The number of amides is 1. The molecule has 1 saturated heterocycles. The Morgan fingerprint density at radius 3 is 2.58 bits per heavy atom. The number of aromatic nitrogens is 2. The lowest BCUT2D eigenvalue weighted by Gasteiger charge is -2.34. The number of piperazine rings is 1. The lowest BCUT2D eigenvalue weighted by Crippen LogP contribution is -2.48. The van der Waals surface area contributed by atoms with E-state index in [2.05, 4.69) is 38.4 Å². The molecule has 7 heteroatoms. The summed E-state index contributed by atoms with van der Waals surface area (Å²) < 4.78 is 7.50. The Balaban J connectivity index is 1.13. The van der Waals surface area contributed by atoms with Crippen LogP contribution in [0.5, 0.6) is 5.75 Å². The van der Waals surface area contributed by atoms with Crippen LogP contribution in [0.25, 0.3) is 5.69 Å². The highest BCUT2D eigenvalue weighted by Crippen LogP contribution is 2.26. The normalized spacial score (nSPS) is 16.4. The third-order valence-electron chi connectivity index (χ3n) is 6.55. The Kier molecular flexibility index (Phi) is 6.15. The number of anilines is 1. The monoisotopic (exact) mass is 445 g/mol. The molecule has 0 aliphatic carbocycles. The third kappa shape index (κ3) is 4.79. The fraction of sp³-hybridized carbons (Fsp3) is 0.385. The van der Waals surface area contributed by atoms with Crippen LogP contribution in [0.4, 0.5) is 5.69 Å². The van der Waals surface area contributed by atoms with Gasteiger partial charge in [-0.15, -0.1) is 0 Å². The largest absolute Gasteiger partial charge is 0.493 e. The molecule has 0 bridgehead atoms. The van der Waals surface area contributed by atoms with E-state index in [1.165, 1.54) is 11.1 Å². The topological polar surface area (TPSA) is 62.6 Å². The van der Waals surface area contributed by atoms with Crippen molar-refractivity contribution < 1.29 is 9.53 Å². The van der Waals surface area contributed by atoms with Crippen molar-refractivity contribution in [1.29, 1.82) is 0 Å². The van der Waals surface area contributed by atoms with Gasteiger partial charge in [-0.25, -0.2) is 4.68 Å². The Bertz CT molecular complexity index is 1130. The smallest absolute Gasteiger partial charge is 0.238 e. The number of nitrogens with one attached hydrogen (secondary N) is 1. The molecule has 33 heavy (non-hydrogen) atoms. The van der Waals surface area contributed by atoms with Gasteiger partial charge < -0.3 is 10.1 Å². The number of para-hydroxylation sites is 1. The van der Waals surface area contributed by atoms with Crippen LogP contribution in [0.1, 0.15) is 22.5 Å². The van der Waals surface area contributed by atoms with Crippen molar-refractivity contribution in [2.24, 2.45) is 0 Å². The first-order chi connectivity index (χ1) is 16.1. The predicted molar refractivity (Wildman–Crippen MR) is 129 cm³/mol. The molecule has 3 aromatic rings. The van der Waals surface area contributed by atoms with Gasteiger partial charge in [-0.05, 0) is 43.2 Å². The van der Waals surface area contributed by atoms with E-state index in [-0.39, 0.29) is 5.91 Å². The molecule has 1 aromatic heterocycles. The second kappa shape index (κ2) is 9.37. The predicted octanol–water partition coefficient (Wildman–Crippen LogP) is 3.18. The minimum Gasteiger partial charge on any atom is -0.493 e. The molecule has 172 valence electrons. The Labute approximate surface area is 195 Å². The maximum absolute atomic E-state index is 12.8. The fourth-order valence-corrected chi connectivity index (χ4v) is 4.73. The van der Waals surface area contributed by atoms with Gasteiger partial charge in [0.05, 0.1) is 35.9 Å². The molecule has 0 atom stereocenters. The number of aryl methyl sites for hydroxylation is 1. The quantitative estimate of drug-likeness (QED) is 0.632. The van der Waals surface area contributed by atoms with Crippen LogP contribution in [0.3, 0.4) is 0 Å². The maximum atomic E-state index is 12.8. The molecule has 0 radical (unpaired) electrons. The van der Waals surface area contributed by atoms with Crippen molar-refractivity contribution in [2.45, 2.75) is 26.8 Å². The second-order valence-corrected chi connectivity index (χ2v) is 8.93. The summed E-state index contributed by atoms with van der Waals surface area (Å²) >= 11 is 0. The minimum atomic E-state index is 0.0147. The molecule has 1 N–H and O–H groups in total. The molecular formula is C26H31N5O2. The van der Waals surface area contributed by atoms with E-state index >= 15 is 0 Å². The van der Waals surface area contributed by atoms with E-state index in [9.17, 15) is 4.79 Å². The maximum Gasteiger partial charge on any atom is 0.238 e. The molecule has 2 aliphatic rings. The van der Waals surface area contributed by atoms with Crippen molar-refractivity contribution in [3.8, 4) is 11.4 Å². The average Bonchev–Trinajstić information content (AvgIpc) is 3.40. The van der Waals surface area contributed by atoms with Crippen LogP contribution in [-0.4, -0.2) is 64.8 Å². The first kappa shape index (κ1) is 21.7. The number of nitrogens with zero attached hydrogens (tertiary/aromatic N) is 4. The summed E-state index contributed by atoms with van der Waals surface area (Å²) in [5.74, 6) is 1.05. The Morgan fingerprint density at radius 2 is 1.79 bits per heavy atom. The van der Waals surface area contributed by atoms with E-state index in [1.54, 1.807) is 0 Å². The lowest BCUT2D eigenvalue weighted by molar-refractivity contribution is -0.117. The van der Waals surface area contributed by atoms with Gasteiger partial charge in [-0.2, -0.15) is 5.10 Å². The summed E-state index contributed by atoms with van der Waals surface area (Å²) in [6, 6.07) is 16.5. The van der Waals surface area contributed by atoms with Crippen molar-refractivity contribution >= 4 is 11.6 Å². The van der Waals surface area contributed by atoms with E-state index in [0.717, 1.165) is 74.3 Å². The van der Waals surface area contributed by atoms with Gasteiger partial charge in [0, 0.05) is 39.1 Å². The van der Waals surface area contributed by atoms with Crippen LogP contribution < -0.4 is 10.1 Å². The zero-order valence-electron chi connectivity index (χ0n) is 19.4. The van der Waals surface area contributed by atoms with E-state index in [4.69, 9.17) is 4.74 Å². The lowest BCUT2D eigenvalue weighted by atomic mass is 10.1. The van der Waals surface area contributed by atoms with Gasteiger partial charge in [-0.3, -0.25) is 14.6 Å². The number of carbonyl (C=O) groups excluding carboxylic acids is 1. The van der Waals surface area contributed by atoms with Crippen LogP contribution in [0.2, 0.25) is 0 Å². The van der Waals surface area contributed by atoms with Crippen LogP contribution in [-0.2, 0) is 17.8 Å². The first-order valence-electron chi connectivity index (χ1n) is 11.7. The summed E-state index contributed by atoms with van der Waals surface area (Å²) in [6.45, 7) is 9.79. The molecule has 1 amide bonds. The molecule has 3 heterocycles. The van der Waals surface area contributed by atoms with Crippen molar-refractivity contribution in [2.75, 3.05) is 44.6 Å². The highest BCUT2D eigenvalue weighted by atomic mass is 16.5. The zero-order chi connectivity index (χ0) is 22.8. The molecule has 1 fully saturated rings. The van der Waals surface area contributed by atoms with Crippen molar-refractivity contribution in [3.05, 3.63) is 71.0 Å². The number of hydrogen-bond acceptors (Lipinski definition) is 5. The second-order valence-electron chi connectivity index (χ2n) is 8.93. The summed E-state index contributed by atoms with van der Waals surface area (Å²) in [5.41, 5.74) is 6.23. The molecular weight excluding hydrogens is 414 g/mol. The highest BCUT2D eigenvalue weighted by molar-refractivity contribution is 5.93. The van der Waals surface area contributed by atoms with Crippen molar-refractivity contribution in [1.82, 2.24) is 19.6 Å². The number of hydrogen-bond donors (Lipinski definition) is 1. The summed E-state index contributed by atoms with van der Waals surface area (Å²) in [5, 5.41) is 7.73. The molecule has 0 spiro atoms. The fourth-order valence-electron chi connectivity index (χ4n) is 4.73. The van der Waals surface area contributed by atoms with E-state index in [0.29, 0.717) is 6.54 Å². The van der Waals surface area contributed by atoms with Gasteiger partial charge in [-0.1, -0.05) is 30.3 Å². The first-order valence-corrected chi connectivity index (χ1v) is 11.7. The molecule has 2 aromatic carbocycles. The molecule has 0 unspecified atom stereocenters. The molecule has 5 rings (SSSR count). The van der Waals surface area contributed by atoms with E-state index in [1.807, 2.05) is 48.9 Å². The van der Waals surface area contributed by atoms with Gasteiger partial charge in [0.1, 0.15) is 5.75 Å². The van der Waals surface area contributed by atoms with Gasteiger partial charge in [0.2, 0.25) is 5.91 Å². The zero-order valence-corrected chi connectivity index (χ0v) is 19.4. The number of carbonyl (C=O) groups is 1. The van der Waals surface area contributed by atoms with Crippen LogP contribution >= 0.6 is 0 Å². The number of rotatable bonds is 6. The minimum absolute atomic E-state index is 0.0147. The summed E-state index contributed by atoms with van der Waals surface area (Å²) in [4.78, 5) is 17.5. The number of benzene rings is 2. The van der Waals surface area contributed by atoms with Crippen LogP contribution in [0, 0.1) is 13.8 Å². The number of ether oxygens (including phenoxy) is 1. The van der Waals surface area contributed by atoms with Gasteiger partial charge in [0.25, 0.3) is 0 Å².